The molecule has 0 bridgehead atoms. The maximum atomic E-state index is 10.4. The van der Waals surface area contributed by atoms with Crippen molar-refractivity contribution in [3.8, 4) is 0 Å². The molecule has 0 aromatic heterocycles. The van der Waals surface area contributed by atoms with Crippen LogP contribution in [0.1, 0.15) is 16.7 Å². The van der Waals surface area contributed by atoms with Crippen LogP contribution in [-0.2, 0) is 19.5 Å². The van der Waals surface area contributed by atoms with Crippen LogP contribution in [0.3, 0.4) is 0 Å². The van der Waals surface area contributed by atoms with Gasteiger partial charge in [0.2, 0.25) is 0 Å². The van der Waals surface area contributed by atoms with Crippen LogP contribution in [-0.4, -0.2) is 28.7 Å². The van der Waals surface area contributed by atoms with Crippen molar-refractivity contribution in [2.75, 3.05) is 6.54 Å². The highest BCUT2D eigenvalue weighted by Crippen LogP contribution is 2.22. The maximum absolute atomic E-state index is 10.4. The molecule has 1 aliphatic rings. The maximum Gasteiger partial charge on any atom is 0.0821 e. The number of fused-ring (bicyclic) bond motifs is 1. The highest BCUT2D eigenvalue weighted by atomic mass is 35.5. The van der Waals surface area contributed by atoms with E-state index >= 15 is 0 Å². The Morgan fingerprint density at radius 3 is 2.00 bits per heavy atom. The first-order valence-corrected chi connectivity index (χ1v) is 7.49. The van der Waals surface area contributed by atoms with Crippen LogP contribution in [0.2, 0.25) is 0 Å². The molecule has 1 aliphatic heterocycles. The van der Waals surface area contributed by atoms with Crippen molar-refractivity contribution in [1.82, 2.24) is 4.90 Å². The molecule has 3 N–H and O–H groups in total. The fourth-order valence-electron chi connectivity index (χ4n) is 2.96. The lowest BCUT2D eigenvalue weighted by Gasteiger charge is -2.24. The molecule has 126 valence electrons. The molecule has 1 heterocycles. The van der Waals surface area contributed by atoms with E-state index < -0.39 is 6.10 Å². The van der Waals surface area contributed by atoms with Gasteiger partial charge in [0.25, 0.3) is 0 Å². The van der Waals surface area contributed by atoms with Gasteiger partial charge in [-0.3, -0.25) is 4.90 Å². The normalized spacial score (nSPS) is 15.9. The number of halogens is 2. The first-order chi connectivity index (χ1) is 10.2. The van der Waals surface area contributed by atoms with Gasteiger partial charge in [-0.2, -0.15) is 0 Å². The van der Waals surface area contributed by atoms with E-state index in [4.69, 9.17) is 5.73 Å². The molecule has 5 heteroatoms. The molecule has 0 radical (unpaired) electrons. The molecule has 0 aliphatic carbocycles. The number of nitrogens with zero attached hydrogens (tertiary/aromatic N) is 1. The van der Waals surface area contributed by atoms with Crippen molar-refractivity contribution < 1.29 is 5.11 Å². The number of nitrogens with two attached hydrogens (primary N) is 1. The number of benzene rings is 2. The van der Waals surface area contributed by atoms with E-state index in [1.54, 1.807) is 0 Å². The van der Waals surface area contributed by atoms with Crippen molar-refractivity contribution in [3.05, 3.63) is 71.3 Å². The summed E-state index contributed by atoms with van der Waals surface area (Å²) in [6.07, 6.45) is 0.211. The lowest BCUT2D eigenvalue weighted by Crippen LogP contribution is -2.43. The summed E-state index contributed by atoms with van der Waals surface area (Å²) in [5.74, 6) is 0. The first kappa shape index (κ1) is 19.9. The topological polar surface area (TPSA) is 49.5 Å². The summed E-state index contributed by atoms with van der Waals surface area (Å²) in [5, 5.41) is 10.4. The molecular weight excluding hydrogens is 331 g/mol. The van der Waals surface area contributed by atoms with Crippen LogP contribution in [0.15, 0.2) is 54.6 Å². The predicted octanol–water partition coefficient (Wildman–Crippen LogP) is 2.78. The van der Waals surface area contributed by atoms with Gasteiger partial charge in [-0.15, -0.1) is 24.8 Å². The molecule has 0 unspecified atom stereocenters. The van der Waals surface area contributed by atoms with Gasteiger partial charge in [0, 0.05) is 25.7 Å². The monoisotopic (exact) mass is 354 g/mol. The fourth-order valence-corrected chi connectivity index (χ4v) is 2.96. The van der Waals surface area contributed by atoms with Crippen molar-refractivity contribution >= 4 is 24.8 Å². The number of aliphatic hydroxyl groups excluding tert-OH is 1. The highest BCUT2D eigenvalue weighted by Gasteiger charge is 2.23. The lowest BCUT2D eigenvalue weighted by atomic mass is 10.0. The fraction of sp³-hybridized carbons (Fsp3) is 0.333. The van der Waals surface area contributed by atoms with Crippen molar-refractivity contribution in [3.63, 3.8) is 0 Å². The Labute approximate surface area is 150 Å². The molecule has 0 amide bonds. The molecule has 2 aromatic rings. The number of hydrogen-bond donors (Lipinski definition) is 2. The third-order valence-corrected chi connectivity index (χ3v) is 4.16. The minimum Gasteiger partial charge on any atom is -0.390 e. The Balaban J connectivity index is 0.00000132. The summed E-state index contributed by atoms with van der Waals surface area (Å²) in [5.41, 5.74) is 10.1. The van der Waals surface area contributed by atoms with Gasteiger partial charge in [0.1, 0.15) is 0 Å². The summed E-state index contributed by atoms with van der Waals surface area (Å²) >= 11 is 0. The second kappa shape index (κ2) is 9.26. The quantitative estimate of drug-likeness (QED) is 0.867. The number of β-amino-alcohol motifs (C(OH)–C–C–N with tert-alkyl or cyclic N) is 1. The third-order valence-electron chi connectivity index (χ3n) is 4.16. The van der Waals surface area contributed by atoms with E-state index in [-0.39, 0.29) is 30.9 Å². The Morgan fingerprint density at radius 2 is 1.43 bits per heavy atom. The second-order valence-corrected chi connectivity index (χ2v) is 5.86. The largest absolute Gasteiger partial charge is 0.390 e. The molecule has 0 fully saturated rings. The zero-order chi connectivity index (χ0) is 14.7. The van der Waals surface area contributed by atoms with Crippen molar-refractivity contribution in [2.45, 2.75) is 31.7 Å². The van der Waals surface area contributed by atoms with Gasteiger partial charge in [0.15, 0.2) is 0 Å². The van der Waals surface area contributed by atoms with E-state index in [0.717, 1.165) is 13.1 Å². The second-order valence-electron chi connectivity index (χ2n) is 5.86. The van der Waals surface area contributed by atoms with Gasteiger partial charge in [-0.1, -0.05) is 54.6 Å². The Bertz CT molecular complexity index is 570. The van der Waals surface area contributed by atoms with Crippen LogP contribution < -0.4 is 5.73 Å². The Kier molecular flexibility index (Phi) is 8.03. The molecule has 3 nitrogen and oxygen atoms in total. The third kappa shape index (κ3) is 5.20. The molecule has 0 spiro atoms. The van der Waals surface area contributed by atoms with Crippen LogP contribution in [0.4, 0.5) is 0 Å². The van der Waals surface area contributed by atoms with Crippen molar-refractivity contribution in [1.29, 1.82) is 0 Å². The van der Waals surface area contributed by atoms with Gasteiger partial charge < -0.3 is 10.8 Å². The van der Waals surface area contributed by atoms with Gasteiger partial charge >= 0.3 is 0 Å². The first-order valence-electron chi connectivity index (χ1n) is 7.49. The predicted molar refractivity (Wildman–Crippen MR) is 99.2 cm³/mol. The minimum absolute atomic E-state index is 0. The number of hydrogen-bond acceptors (Lipinski definition) is 3. The number of aliphatic hydroxyl groups is 1. The zero-order valence-corrected chi connectivity index (χ0v) is 14.6. The van der Waals surface area contributed by atoms with E-state index in [2.05, 4.69) is 41.3 Å². The Hall–Kier alpha value is -1.10. The molecule has 3 rings (SSSR count). The summed E-state index contributed by atoms with van der Waals surface area (Å²) < 4.78 is 0. The zero-order valence-electron chi connectivity index (χ0n) is 13.0. The minimum atomic E-state index is -0.500. The average Bonchev–Trinajstić information content (AvgIpc) is 2.90. The molecule has 0 saturated heterocycles. The SMILES string of the molecule is Cl.Cl.N[C@H](Cc1ccccc1)[C@@H](O)CN1Cc2ccccc2C1. The van der Waals surface area contributed by atoms with Gasteiger partial charge in [0.05, 0.1) is 6.10 Å². The molecule has 2 atom stereocenters. The molecular formula is C18H24Cl2N2O. The summed E-state index contributed by atoms with van der Waals surface area (Å²) in [6, 6.07) is 18.3. The van der Waals surface area contributed by atoms with Gasteiger partial charge in [-0.05, 0) is 23.1 Å². The van der Waals surface area contributed by atoms with Gasteiger partial charge in [-0.25, -0.2) is 0 Å². The van der Waals surface area contributed by atoms with E-state index in [0.29, 0.717) is 13.0 Å². The van der Waals surface area contributed by atoms with Crippen LogP contribution in [0.5, 0.6) is 0 Å². The van der Waals surface area contributed by atoms with E-state index in [1.165, 1.54) is 16.7 Å². The molecule has 0 saturated carbocycles. The molecule has 23 heavy (non-hydrogen) atoms. The summed E-state index contributed by atoms with van der Waals surface area (Å²) in [7, 11) is 0. The van der Waals surface area contributed by atoms with E-state index in [1.807, 2.05) is 18.2 Å². The number of rotatable bonds is 5. The summed E-state index contributed by atoms with van der Waals surface area (Å²) in [4.78, 5) is 2.26. The average molecular weight is 355 g/mol. The van der Waals surface area contributed by atoms with Crippen LogP contribution in [0, 0.1) is 0 Å². The van der Waals surface area contributed by atoms with Crippen LogP contribution in [0.25, 0.3) is 0 Å². The lowest BCUT2D eigenvalue weighted by molar-refractivity contribution is 0.0898. The van der Waals surface area contributed by atoms with Crippen molar-refractivity contribution in [2.24, 2.45) is 5.73 Å². The Morgan fingerprint density at radius 1 is 0.913 bits per heavy atom. The standard InChI is InChI=1S/C18H22N2O.2ClH/c19-17(10-14-6-2-1-3-7-14)18(21)13-20-11-15-8-4-5-9-16(15)12-20;;/h1-9,17-18,21H,10-13,19H2;2*1H/t17-,18+;;/m1../s1. The van der Waals surface area contributed by atoms with E-state index in [9.17, 15) is 5.11 Å². The summed E-state index contributed by atoms with van der Waals surface area (Å²) in [6.45, 7) is 2.44. The highest BCUT2D eigenvalue weighted by molar-refractivity contribution is 5.85. The molecule has 2 aromatic carbocycles. The smallest absolute Gasteiger partial charge is 0.0821 e. The van der Waals surface area contributed by atoms with Crippen LogP contribution >= 0.6 is 24.8 Å².